The molecule has 0 aromatic heterocycles. The van der Waals surface area contributed by atoms with Crippen molar-refractivity contribution >= 4 is 0 Å². The molecule has 1 aliphatic carbocycles. The molecule has 102 valence electrons. The Balaban J connectivity index is 2.40. The lowest BCUT2D eigenvalue weighted by Gasteiger charge is -2.30. The van der Waals surface area contributed by atoms with Gasteiger partial charge in [-0.3, -0.25) is 0 Å². The van der Waals surface area contributed by atoms with Crippen LogP contribution in [0.15, 0.2) is 0 Å². The highest BCUT2D eigenvalue weighted by Gasteiger charge is 2.23. The molecule has 1 N–H and O–H groups in total. The lowest BCUT2D eigenvalue weighted by atomic mass is 9.94. The zero-order valence-corrected chi connectivity index (χ0v) is 12.0. The van der Waals surface area contributed by atoms with Crippen molar-refractivity contribution in [1.82, 2.24) is 10.2 Å². The average Bonchev–Trinajstić information content (AvgIpc) is 2.53. The van der Waals surface area contributed by atoms with Crippen molar-refractivity contribution in [2.75, 3.05) is 34.3 Å². The van der Waals surface area contributed by atoms with Gasteiger partial charge in [-0.05, 0) is 39.8 Å². The van der Waals surface area contributed by atoms with Gasteiger partial charge in [0.1, 0.15) is 0 Å². The molecular formula is C14H30N2O. The van der Waals surface area contributed by atoms with Crippen LogP contribution in [0.2, 0.25) is 0 Å². The van der Waals surface area contributed by atoms with E-state index in [2.05, 4.69) is 31.2 Å². The van der Waals surface area contributed by atoms with Crippen LogP contribution in [0.25, 0.3) is 0 Å². The Morgan fingerprint density at radius 3 is 2.65 bits per heavy atom. The summed E-state index contributed by atoms with van der Waals surface area (Å²) >= 11 is 0. The largest absolute Gasteiger partial charge is 0.380 e. The summed E-state index contributed by atoms with van der Waals surface area (Å²) in [4.78, 5) is 2.43. The number of likely N-dealkylation sites (N-methyl/N-ethyl adjacent to an activating group) is 1. The summed E-state index contributed by atoms with van der Waals surface area (Å²) in [5.74, 6) is 0.802. The highest BCUT2D eigenvalue weighted by Crippen LogP contribution is 2.24. The Labute approximate surface area is 107 Å². The number of ether oxygens (including phenoxy) is 1. The smallest absolute Gasteiger partial charge is 0.0669 e. The first-order chi connectivity index (χ1) is 8.17. The van der Waals surface area contributed by atoms with Gasteiger partial charge in [0, 0.05) is 26.2 Å². The van der Waals surface area contributed by atoms with Gasteiger partial charge in [0.05, 0.1) is 6.10 Å². The van der Waals surface area contributed by atoms with E-state index in [1.165, 1.54) is 38.6 Å². The van der Waals surface area contributed by atoms with Crippen molar-refractivity contribution < 1.29 is 4.74 Å². The lowest BCUT2D eigenvalue weighted by molar-refractivity contribution is 0.0776. The van der Waals surface area contributed by atoms with Gasteiger partial charge in [-0.25, -0.2) is 0 Å². The molecule has 3 nitrogen and oxygen atoms in total. The fraction of sp³-hybridized carbons (Fsp3) is 1.00. The third-order valence-corrected chi connectivity index (χ3v) is 4.05. The topological polar surface area (TPSA) is 24.5 Å². The van der Waals surface area contributed by atoms with Crippen LogP contribution in [-0.2, 0) is 4.74 Å². The maximum absolute atomic E-state index is 5.33. The minimum Gasteiger partial charge on any atom is -0.380 e. The summed E-state index contributed by atoms with van der Waals surface area (Å²) < 4.78 is 5.33. The van der Waals surface area contributed by atoms with E-state index in [4.69, 9.17) is 4.74 Å². The maximum atomic E-state index is 5.33. The molecule has 17 heavy (non-hydrogen) atoms. The number of hydrogen-bond acceptors (Lipinski definition) is 3. The summed E-state index contributed by atoms with van der Waals surface area (Å²) in [6, 6.07) is 0.706. The molecule has 3 atom stereocenters. The van der Waals surface area contributed by atoms with E-state index in [1.807, 2.05) is 0 Å². The number of hydrogen-bond donors (Lipinski definition) is 1. The molecule has 1 fully saturated rings. The number of nitrogens with one attached hydrogen (secondary N) is 1. The minimum atomic E-state index is 0.332. The molecular weight excluding hydrogens is 212 g/mol. The van der Waals surface area contributed by atoms with Crippen molar-refractivity contribution in [2.45, 2.75) is 51.2 Å². The Kier molecular flexibility index (Phi) is 7.09. The predicted molar refractivity (Wildman–Crippen MR) is 73.4 cm³/mol. The fourth-order valence-corrected chi connectivity index (χ4v) is 2.97. The molecule has 3 unspecified atom stereocenters. The van der Waals surface area contributed by atoms with Gasteiger partial charge in [0.2, 0.25) is 0 Å². The van der Waals surface area contributed by atoms with Crippen molar-refractivity contribution in [3.8, 4) is 0 Å². The van der Waals surface area contributed by atoms with Crippen LogP contribution in [0.1, 0.15) is 39.0 Å². The SMILES string of the molecule is CNC1CCCCCC1CN(C)CC(C)OC. The standard InChI is InChI=1S/C14H30N2O/c1-12(17-4)10-16(3)11-13-8-6-5-7-9-14(13)15-2/h12-15H,5-11H2,1-4H3. The van der Waals surface area contributed by atoms with E-state index >= 15 is 0 Å². The molecule has 1 rings (SSSR count). The van der Waals surface area contributed by atoms with Gasteiger partial charge in [0.15, 0.2) is 0 Å². The van der Waals surface area contributed by atoms with E-state index < -0.39 is 0 Å². The van der Waals surface area contributed by atoms with E-state index in [0.717, 1.165) is 12.5 Å². The van der Waals surface area contributed by atoms with E-state index in [9.17, 15) is 0 Å². The molecule has 0 saturated heterocycles. The van der Waals surface area contributed by atoms with Crippen LogP contribution in [0.4, 0.5) is 0 Å². The molecule has 3 heteroatoms. The van der Waals surface area contributed by atoms with Crippen molar-refractivity contribution in [3.05, 3.63) is 0 Å². The van der Waals surface area contributed by atoms with E-state index in [-0.39, 0.29) is 0 Å². The normalized spacial score (nSPS) is 28.1. The van der Waals surface area contributed by atoms with Gasteiger partial charge < -0.3 is 15.0 Å². The predicted octanol–water partition coefficient (Wildman–Crippen LogP) is 2.12. The van der Waals surface area contributed by atoms with Crippen molar-refractivity contribution in [3.63, 3.8) is 0 Å². The quantitative estimate of drug-likeness (QED) is 0.722. The average molecular weight is 242 g/mol. The first kappa shape index (κ1) is 14.9. The lowest BCUT2D eigenvalue weighted by Crippen LogP contribution is -2.41. The Bertz CT molecular complexity index is 199. The van der Waals surface area contributed by atoms with Crippen LogP contribution in [0, 0.1) is 5.92 Å². The molecule has 1 aliphatic rings. The van der Waals surface area contributed by atoms with E-state index in [1.54, 1.807) is 7.11 Å². The third kappa shape index (κ3) is 5.36. The second kappa shape index (κ2) is 8.06. The Morgan fingerprint density at radius 1 is 1.29 bits per heavy atom. The summed E-state index contributed by atoms with van der Waals surface area (Å²) in [5, 5.41) is 3.51. The molecule has 0 spiro atoms. The molecule has 0 radical (unpaired) electrons. The number of rotatable bonds is 6. The van der Waals surface area contributed by atoms with Gasteiger partial charge in [0.25, 0.3) is 0 Å². The van der Waals surface area contributed by atoms with Crippen molar-refractivity contribution in [1.29, 1.82) is 0 Å². The number of methoxy groups -OCH3 is 1. The molecule has 0 aromatic rings. The summed E-state index contributed by atoms with van der Waals surface area (Å²) in [5.41, 5.74) is 0. The van der Waals surface area contributed by atoms with Crippen LogP contribution in [-0.4, -0.2) is 51.3 Å². The van der Waals surface area contributed by atoms with Crippen LogP contribution >= 0.6 is 0 Å². The maximum Gasteiger partial charge on any atom is 0.0669 e. The first-order valence-electron chi connectivity index (χ1n) is 7.06. The number of nitrogens with zero attached hydrogens (tertiary/aromatic N) is 1. The zero-order valence-electron chi connectivity index (χ0n) is 12.0. The molecule has 0 heterocycles. The first-order valence-corrected chi connectivity index (χ1v) is 7.06. The highest BCUT2D eigenvalue weighted by atomic mass is 16.5. The second-order valence-corrected chi connectivity index (χ2v) is 5.56. The molecule has 0 amide bonds. The van der Waals surface area contributed by atoms with Gasteiger partial charge >= 0.3 is 0 Å². The monoisotopic (exact) mass is 242 g/mol. The molecule has 0 aromatic carbocycles. The zero-order chi connectivity index (χ0) is 12.7. The van der Waals surface area contributed by atoms with Crippen LogP contribution < -0.4 is 5.32 Å². The van der Waals surface area contributed by atoms with Gasteiger partial charge in [-0.15, -0.1) is 0 Å². The molecule has 0 bridgehead atoms. The third-order valence-electron chi connectivity index (χ3n) is 4.05. The molecule has 0 aliphatic heterocycles. The summed E-state index contributed by atoms with van der Waals surface area (Å²) in [7, 11) is 6.12. The van der Waals surface area contributed by atoms with Crippen molar-refractivity contribution in [2.24, 2.45) is 5.92 Å². The fourth-order valence-electron chi connectivity index (χ4n) is 2.97. The summed E-state index contributed by atoms with van der Waals surface area (Å²) in [6.07, 6.45) is 7.24. The minimum absolute atomic E-state index is 0.332. The molecule has 1 saturated carbocycles. The Hall–Kier alpha value is -0.120. The highest BCUT2D eigenvalue weighted by molar-refractivity contribution is 4.80. The second-order valence-electron chi connectivity index (χ2n) is 5.56. The van der Waals surface area contributed by atoms with Crippen LogP contribution in [0.3, 0.4) is 0 Å². The van der Waals surface area contributed by atoms with Gasteiger partial charge in [-0.2, -0.15) is 0 Å². The van der Waals surface area contributed by atoms with Gasteiger partial charge in [-0.1, -0.05) is 19.3 Å². The van der Waals surface area contributed by atoms with E-state index in [0.29, 0.717) is 12.1 Å². The van der Waals surface area contributed by atoms with Crippen LogP contribution in [0.5, 0.6) is 0 Å². The Morgan fingerprint density at radius 2 is 2.00 bits per heavy atom. The summed E-state index contributed by atoms with van der Waals surface area (Å²) in [6.45, 7) is 4.36.